The summed E-state index contributed by atoms with van der Waals surface area (Å²) in [5.41, 5.74) is 1.40. The first-order valence-electron chi connectivity index (χ1n) is 7.08. The van der Waals surface area contributed by atoms with Crippen molar-refractivity contribution >= 4 is 17.2 Å². The molecule has 20 heavy (non-hydrogen) atoms. The lowest BCUT2D eigenvalue weighted by atomic mass is 10.0. The summed E-state index contributed by atoms with van der Waals surface area (Å²) in [5, 5.41) is 11.8. The van der Waals surface area contributed by atoms with Crippen LogP contribution in [0.3, 0.4) is 0 Å². The van der Waals surface area contributed by atoms with E-state index in [4.69, 9.17) is 5.11 Å². The molecular weight excluding hydrogens is 270 g/mol. The van der Waals surface area contributed by atoms with Gasteiger partial charge in [0.2, 0.25) is 0 Å². The molecule has 0 aromatic carbocycles. The van der Waals surface area contributed by atoms with Crippen LogP contribution in [0, 0.1) is 24.2 Å². The third-order valence-corrected chi connectivity index (χ3v) is 5.06. The van der Waals surface area contributed by atoms with Gasteiger partial charge in [0.1, 0.15) is 0 Å². The average molecular weight is 291 g/mol. The molecule has 1 amide bonds. The third kappa shape index (κ3) is 3.62. The van der Waals surface area contributed by atoms with Crippen LogP contribution in [0.2, 0.25) is 0 Å². The zero-order valence-electron chi connectivity index (χ0n) is 12.1. The van der Waals surface area contributed by atoms with Crippen molar-refractivity contribution in [1.29, 1.82) is 0 Å². The largest absolute Gasteiger partial charge is 0.395 e. The van der Waals surface area contributed by atoms with E-state index in [-0.39, 0.29) is 12.5 Å². The molecule has 0 spiro atoms. The lowest BCUT2D eigenvalue weighted by Gasteiger charge is -2.12. The van der Waals surface area contributed by atoms with Crippen molar-refractivity contribution in [3.63, 3.8) is 0 Å². The van der Waals surface area contributed by atoms with Crippen molar-refractivity contribution in [2.24, 2.45) is 5.41 Å². The van der Waals surface area contributed by atoms with Crippen molar-refractivity contribution in [3.8, 4) is 11.8 Å². The second kappa shape index (κ2) is 6.43. The fourth-order valence-electron chi connectivity index (χ4n) is 2.10. The second-order valence-corrected chi connectivity index (χ2v) is 6.49. The van der Waals surface area contributed by atoms with Gasteiger partial charge in [-0.2, -0.15) is 0 Å². The number of hydrogen-bond donors (Lipinski definition) is 2. The monoisotopic (exact) mass is 291 g/mol. The number of carbonyl (C=O) groups is 1. The molecule has 1 aromatic heterocycles. The van der Waals surface area contributed by atoms with Crippen molar-refractivity contribution in [3.05, 3.63) is 21.4 Å². The number of aryl methyl sites for hydroxylation is 1. The maximum Gasteiger partial charge on any atom is 0.261 e. The summed E-state index contributed by atoms with van der Waals surface area (Å²) < 4.78 is 0. The van der Waals surface area contributed by atoms with Gasteiger partial charge in [-0.25, -0.2) is 0 Å². The molecule has 0 atom stereocenters. The molecule has 4 heteroatoms. The first-order chi connectivity index (χ1) is 9.60. The highest BCUT2D eigenvalue weighted by Crippen LogP contribution is 2.47. The van der Waals surface area contributed by atoms with Crippen molar-refractivity contribution in [1.82, 2.24) is 5.32 Å². The molecule has 0 radical (unpaired) electrons. The molecule has 1 heterocycles. The first-order valence-corrected chi connectivity index (χ1v) is 7.90. The predicted molar refractivity (Wildman–Crippen MR) is 81.9 cm³/mol. The Morgan fingerprint density at radius 1 is 1.55 bits per heavy atom. The minimum atomic E-state index is 0.00744. The zero-order chi connectivity index (χ0) is 14.6. The maximum absolute atomic E-state index is 12.1. The Balaban J connectivity index is 1.97. The van der Waals surface area contributed by atoms with Crippen molar-refractivity contribution < 1.29 is 9.90 Å². The van der Waals surface area contributed by atoms with Gasteiger partial charge in [0.05, 0.1) is 16.4 Å². The average Bonchev–Trinajstić information content (AvgIpc) is 3.14. The van der Waals surface area contributed by atoms with Crippen molar-refractivity contribution in [2.75, 3.05) is 13.2 Å². The first kappa shape index (κ1) is 15.1. The van der Waals surface area contributed by atoms with Crippen molar-refractivity contribution in [2.45, 2.75) is 39.5 Å². The Hall–Kier alpha value is -1.31. The number of aliphatic hydroxyl groups is 1. The lowest BCUT2D eigenvalue weighted by molar-refractivity contribution is 0.0948. The minimum Gasteiger partial charge on any atom is -0.395 e. The zero-order valence-corrected chi connectivity index (χ0v) is 12.9. The molecule has 1 fully saturated rings. The van der Waals surface area contributed by atoms with Gasteiger partial charge in [-0.15, -0.1) is 11.3 Å². The van der Waals surface area contributed by atoms with Crippen LogP contribution >= 0.6 is 11.3 Å². The van der Waals surface area contributed by atoms with Gasteiger partial charge in [0.15, 0.2) is 0 Å². The van der Waals surface area contributed by atoms with E-state index in [2.05, 4.69) is 24.1 Å². The number of thiophene rings is 1. The van der Waals surface area contributed by atoms with Crippen LogP contribution < -0.4 is 5.32 Å². The Morgan fingerprint density at radius 2 is 2.30 bits per heavy atom. The molecule has 108 valence electrons. The topological polar surface area (TPSA) is 49.3 Å². The summed E-state index contributed by atoms with van der Waals surface area (Å²) in [5.74, 6) is 5.92. The highest BCUT2D eigenvalue weighted by molar-refractivity contribution is 7.14. The van der Waals surface area contributed by atoms with Crippen LogP contribution in [0.1, 0.15) is 52.7 Å². The molecule has 2 rings (SSSR count). The van der Waals surface area contributed by atoms with Crippen LogP contribution in [-0.4, -0.2) is 24.2 Å². The molecule has 1 saturated carbocycles. The number of hydrogen-bond acceptors (Lipinski definition) is 3. The van der Waals surface area contributed by atoms with Crippen LogP contribution in [0.5, 0.6) is 0 Å². The summed E-state index contributed by atoms with van der Waals surface area (Å²) >= 11 is 1.43. The van der Waals surface area contributed by atoms with E-state index < -0.39 is 0 Å². The maximum atomic E-state index is 12.1. The van der Waals surface area contributed by atoms with E-state index in [1.165, 1.54) is 24.2 Å². The van der Waals surface area contributed by atoms with Gasteiger partial charge in [-0.3, -0.25) is 4.79 Å². The second-order valence-electron chi connectivity index (χ2n) is 5.43. The smallest absolute Gasteiger partial charge is 0.261 e. The molecule has 3 nitrogen and oxygen atoms in total. The molecule has 2 N–H and O–H groups in total. The standard InChI is InChI=1S/C16H21NO2S/c1-3-16(7-8-16)11-17-15(19)14-10-12(2)13(20-14)6-4-5-9-18/h10,18H,3,5,7-9,11H2,1-2H3,(H,17,19). The highest BCUT2D eigenvalue weighted by atomic mass is 32.1. The predicted octanol–water partition coefficient (Wildman–Crippen LogP) is 2.71. The van der Waals surface area contributed by atoms with E-state index >= 15 is 0 Å². The van der Waals surface area contributed by atoms with Gasteiger partial charge in [-0.05, 0) is 43.2 Å². The normalized spacial score (nSPS) is 15.3. The van der Waals surface area contributed by atoms with E-state index in [0.29, 0.717) is 11.8 Å². The summed E-state index contributed by atoms with van der Waals surface area (Å²) in [4.78, 5) is 13.8. The Labute approximate surface area is 124 Å². The minimum absolute atomic E-state index is 0.00744. The summed E-state index contributed by atoms with van der Waals surface area (Å²) in [6.45, 7) is 5.00. The molecular formula is C16H21NO2S. The van der Waals surface area contributed by atoms with Gasteiger partial charge in [0, 0.05) is 13.0 Å². The summed E-state index contributed by atoms with van der Waals surface area (Å²) in [6.07, 6.45) is 4.06. The number of carbonyl (C=O) groups excluding carboxylic acids is 1. The number of amides is 1. The fraction of sp³-hybridized carbons (Fsp3) is 0.562. The van der Waals surface area contributed by atoms with E-state index in [9.17, 15) is 4.79 Å². The molecule has 0 aliphatic heterocycles. The molecule has 1 aliphatic rings. The van der Waals surface area contributed by atoms with Crippen LogP contribution in [0.4, 0.5) is 0 Å². The van der Waals surface area contributed by atoms with Crippen LogP contribution in [0.15, 0.2) is 6.07 Å². The number of nitrogens with one attached hydrogen (secondary N) is 1. The quantitative estimate of drug-likeness (QED) is 0.820. The molecule has 0 unspecified atom stereocenters. The van der Waals surface area contributed by atoms with Gasteiger partial charge < -0.3 is 10.4 Å². The number of rotatable bonds is 5. The van der Waals surface area contributed by atoms with E-state index in [0.717, 1.165) is 28.3 Å². The molecule has 0 saturated heterocycles. The summed E-state index contributed by atoms with van der Waals surface area (Å²) in [7, 11) is 0. The van der Waals surface area contributed by atoms with Crippen LogP contribution in [-0.2, 0) is 0 Å². The fourth-order valence-corrected chi connectivity index (χ4v) is 3.07. The Bertz CT molecular complexity index is 547. The Kier molecular flexibility index (Phi) is 4.85. The molecule has 1 aliphatic carbocycles. The Morgan fingerprint density at radius 3 is 2.90 bits per heavy atom. The van der Waals surface area contributed by atoms with Gasteiger partial charge in [-0.1, -0.05) is 18.8 Å². The SMILES string of the molecule is CCC1(CNC(=O)c2cc(C)c(C#CCCO)s2)CC1. The molecule has 0 bridgehead atoms. The third-order valence-electron chi connectivity index (χ3n) is 3.91. The lowest BCUT2D eigenvalue weighted by Crippen LogP contribution is -2.29. The van der Waals surface area contributed by atoms with Gasteiger partial charge >= 0.3 is 0 Å². The summed E-state index contributed by atoms with van der Waals surface area (Å²) in [6, 6.07) is 1.90. The van der Waals surface area contributed by atoms with E-state index in [1.807, 2.05) is 13.0 Å². The number of aliphatic hydroxyl groups excluding tert-OH is 1. The van der Waals surface area contributed by atoms with Gasteiger partial charge in [0.25, 0.3) is 5.91 Å². The van der Waals surface area contributed by atoms with E-state index in [1.54, 1.807) is 0 Å². The highest BCUT2D eigenvalue weighted by Gasteiger charge is 2.40. The van der Waals surface area contributed by atoms with Crippen LogP contribution in [0.25, 0.3) is 0 Å². The molecule has 1 aromatic rings.